The van der Waals surface area contributed by atoms with Crippen LogP contribution in [0.25, 0.3) is 11.3 Å². The maximum absolute atomic E-state index is 11.9. The second kappa shape index (κ2) is 5.72. The monoisotopic (exact) mass is 284 g/mol. The second-order valence-electron chi connectivity index (χ2n) is 4.06. The van der Waals surface area contributed by atoms with E-state index < -0.39 is 18.6 Å². The summed E-state index contributed by atoms with van der Waals surface area (Å²) in [5, 5.41) is 1.80. The quantitative estimate of drug-likeness (QED) is 0.928. The lowest BCUT2D eigenvalue weighted by molar-refractivity contribution is -0.138. The Morgan fingerprint density at radius 2 is 2.00 bits per heavy atom. The van der Waals surface area contributed by atoms with Crippen molar-refractivity contribution < 1.29 is 18.0 Å². The maximum atomic E-state index is 11.9. The molecule has 0 bridgehead atoms. The van der Waals surface area contributed by atoms with E-state index in [0.29, 0.717) is 5.69 Å². The molecule has 2 aromatic rings. The summed E-state index contributed by atoms with van der Waals surface area (Å²) in [6.45, 7) is -1.55. The Morgan fingerprint density at radius 1 is 1.30 bits per heavy atom. The molecule has 0 spiro atoms. The molecule has 0 saturated carbocycles. The van der Waals surface area contributed by atoms with Crippen molar-refractivity contribution >= 4 is 5.91 Å². The van der Waals surface area contributed by atoms with Crippen LogP contribution in [0, 0.1) is 0 Å². The van der Waals surface area contributed by atoms with Gasteiger partial charge in [0.05, 0.1) is 12.0 Å². The number of nitrogens with one attached hydrogen (secondary N) is 1. The predicted octanol–water partition coefficient (Wildman–Crippen LogP) is 1.62. The average molecular weight is 284 g/mol. The number of amides is 1. The Bertz CT molecular complexity index is 580. The Balaban J connectivity index is 1.95. The number of nitrogens with zero attached hydrogens (tertiary/aromatic N) is 3. The highest BCUT2D eigenvalue weighted by Gasteiger charge is 2.27. The van der Waals surface area contributed by atoms with Crippen LogP contribution in [0.1, 0.15) is 0 Å². The van der Waals surface area contributed by atoms with Gasteiger partial charge in [0.2, 0.25) is 5.91 Å². The van der Waals surface area contributed by atoms with Crippen LogP contribution in [0.2, 0.25) is 0 Å². The van der Waals surface area contributed by atoms with Gasteiger partial charge < -0.3 is 9.88 Å². The zero-order valence-corrected chi connectivity index (χ0v) is 10.3. The molecule has 0 radical (unpaired) electrons. The molecule has 20 heavy (non-hydrogen) atoms. The Labute approximate surface area is 112 Å². The normalized spacial score (nSPS) is 11.3. The highest BCUT2D eigenvalue weighted by molar-refractivity contribution is 5.75. The summed E-state index contributed by atoms with van der Waals surface area (Å²) in [5.41, 5.74) is 1.44. The van der Waals surface area contributed by atoms with E-state index in [1.807, 2.05) is 0 Å². The van der Waals surface area contributed by atoms with Gasteiger partial charge in [-0.05, 0) is 12.1 Å². The predicted molar refractivity (Wildman–Crippen MR) is 64.5 cm³/mol. The molecule has 2 rings (SSSR count). The van der Waals surface area contributed by atoms with E-state index in [1.165, 1.54) is 10.9 Å². The van der Waals surface area contributed by atoms with Crippen molar-refractivity contribution in [1.82, 2.24) is 19.9 Å². The van der Waals surface area contributed by atoms with Crippen molar-refractivity contribution in [3.63, 3.8) is 0 Å². The molecule has 5 nitrogen and oxygen atoms in total. The van der Waals surface area contributed by atoms with Crippen LogP contribution in [0.15, 0.2) is 37.1 Å². The zero-order chi connectivity index (χ0) is 14.6. The average Bonchev–Trinajstić information content (AvgIpc) is 2.85. The highest BCUT2D eigenvalue weighted by Crippen LogP contribution is 2.15. The highest BCUT2D eigenvalue weighted by atomic mass is 19.4. The van der Waals surface area contributed by atoms with Gasteiger partial charge in [-0.2, -0.15) is 13.2 Å². The van der Waals surface area contributed by atoms with E-state index in [0.717, 1.165) is 5.56 Å². The van der Waals surface area contributed by atoms with E-state index in [9.17, 15) is 18.0 Å². The number of rotatable bonds is 4. The fraction of sp³-hybridized carbons (Fsp3) is 0.250. The second-order valence-corrected chi connectivity index (χ2v) is 4.06. The Hall–Kier alpha value is -2.38. The van der Waals surface area contributed by atoms with Crippen LogP contribution < -0.4 is 5.32 Å². The van der Waals surface area contributed by atoms with Crippen LogP contribution in [0.4, 0.5) is 13.2 Å². The van der Waals surface area contributed by atoms with Crippen molar-refractivity contribution in [3.05, 3.63) is 37.1 Å². The van der Waals surface area contributed by atoms with Crippen LogP contribution in [0.5, 0.6) is 0 Å². The molecule has 0 fully saturated rings. The molecule has 8 heteroatoms. The molecule has 0 aliphatic heterocycles. The zero-order valence-electron chi connectivity index (χ0n) is 10.3. The third kappa shape index (κ3) is 4.08. The number of aromatic nitrogens is 3. The summed E-state index contributed by atoms with van der Waals surface area (Å²) >= 11 is 0. The molecule has 0 atom stereocenters. The van der Waals surface area contributed by atoms with Crippen LogP contribution in [0.3, 0.4) is 0 Å². The number of imidazole rings is 1. The molecular formula is C12H11F3N4O. The summed E-state index contributed by atoms with van der Waals surface area (Å²) in [4.78, 5) is 19.3. The molecule has 0 unspecified atom stereocenters. The minimum atomic E-state index is -4.41. The number of alkyl halides is 3. The standard InChI is InChI=1S/C12H11F3N4O/c13-12(14,15)7-17-11(20)6-19-5-10(18-8-19)9-1-3-16-4-2-9/h1-5,8H,6-7H2,(H,17,20). The van der Waals surface area contributed by atoms with Crippen molar-refractivity contribution in [3.8, 4) is 11.3 Å². The lowest BCUT2D eigenvalue weighted by Crippen LogP contribution is -2.35. The van der Waals surface area contributed by atoms with Gasteiger partial charge >= 0.3 is 6.18 Å². The third-order valence-electron chi connectivity index (χ3n) is 2.42. The van der Waals surface area contributed by atoms with Crippen LogP contribution in [-0.2, 0) is 11.3 Å². The summed E-state index contributed by atoms with van der Waals surface area (Å²) < 4.78 is 37.2. The van der Waals surface area contributed by atoms with Gasteiger partial charge in [0.1, 0.15) is 13.1 Å². The first-order chi connectivity index (χ1) is 9.44. The number of carbonyl (C=O) groups is 1. The molecule has 1 N–H and O–H groups in total. The van der Waals surface area contributed by atoms with E-state index in [4.69, 9.17) is 0 Å². The molecule has 2 heterocycles. The van der Waals surface area contributed by atoms with Crippen LogP contribution >= 0.6 is 0 Å². The molecule has 106 valence electrons. The summed E-state index contributed by atoms with van der Waals surface area (Å²) in [5.74, 6) is -0.721. The number of pyridine rings is 1. The van der Waals surface area contributed by atoms with Gasteiger partial charge in [-0.25, -0.2) is 4.98 Å². The van der Waals surface area contributed by atoms with Gasteiger partial charge in [0.15, 0.2) is 0 Å². The maximum Gasteiger partial charge on any atom is 0.405 e. The lowest BCUT2D eigenvalue weighted by atomic mass is 10.2. The fourth-order valence-electron chi connectivity index (χ4n) is 1.54. The molecule has 0 aromatic carbocycles. The van der Waals surface area contributed by atoms with Gasteiger partial charge in [0, 0.05) is 24.2 Å². The number of hydrogen-bond acceptors (Lipinski definition) is 3. The van der Waals surface area contributed by atoms with E-state index in [2.05, 4.69) is 9.97 Å². The SMILES string of the molecule is O=C(Cn1cnc(-c2ccncc2)c1)NCC(F)(F)F. The molecule has 1 amide bonds. The van der Waals surface area contributed by atoms with Crippen molar-refractivity contribution in [2.75, 3.05) is 6.54 Å². The van der Waals surface area contributed by atoms with Crippen LogP contribution in [-0.4, -0.2) is 33.2 Å². The van der Waals surface area contributed by atoms with E-state index in [1.54, 1.807) is 36.0 Å². The largest absolute Gasteiger partial charge is 0.405 e. The molecule has 2 aromatic heterocycles. The first-order valence-electron chi connectivity index (χ1n) is 5.70. The first kappa shape index (κ1) is 14.0. The fourth-order valence-corrected chi connectivity index (χ4v) is 1.54. The molecule has 0 aliphatic carbocycles. The topological polar surface area (TPSA) is 59.8 Å². The van der Waals surface area contributed by atoms with Gasteiger partial charge in [0.25, 0.3) is 0 Å². The Kier molecular flexibility index (Phi) is 4.02. The van der Waals surface area contributed by atoms with E-state index >= 15 is 0 Å². The van der Waals surface area contributed by atoms with E-state index in [-0.39, 0.29) is 6.54 Å². The number of hydrogen-bond donors (Lipinski definition) is 1. The summed E-state index contributed by atoms with van der Waals surface area (Å²) in [6.07, 6.45) is 1.77. The molecular weight excluding hydrogens is 273 g/mol. The summed E-state index contributed by atoms with van der Waals surface area (Å²) in [6, 6.07) is 3.49. The summed E-state index contributed by atoms with van der Waals surface area (Å²) in [7, 11) is 0. The van der Waals surface area contributed by atoms with Gasteiger partial charge in [-0.15, -0.1) is 0 Å². The third-order valence-corrected chi connectivity index (χ3v) is 2.42. The van der Waals surface area contributed by atoms with Gasteiger partial charge in [-0.3, -0.25) is 9.78 Å². The van der Waals surface area contributed by atoms with Crippen molar-refractivity contribution in [2.45, 2.75) is 12.7 Å². The number of carbonyl (C=O) groups excluding carboxylic acids is 1. The Morgan fingerprint density at radius 3 is 2.65 bits per heavy atom. The molecule has 0 saturated heterocycles. The minimum Gasteiger partial charge on any atom is -0.345 e. The minimum absolute atomic E-state index is 0.214. The smallest absolute Gasteiger partial charge is 0.345 e. The first-order valence-corrected chi connectivity index (χ1v) is 5.70. The van der Waals surface area contributed by atoms with Crippen molar-refractivity contribution in [2.24, 2.45) is 0 Å². The molecule has 0 aliphatic rings. The number of halogens is 3. The van der Waals surface area contributed by atoms with Gasteiger partial charge in [-0.1, -0.05) is 0 Å². The lowest BCUT2D eigenvalue weighted by Gasteiger charge is -2.08. The van der Waals surface area contributed by atoms with Crippen molar-refractivity contribution in [1.29, 1.82) is 0 Å².